The second kappa shape index (κ2) is 8.92. The molecule has 1 aliphatic heterocycles. The van der Waals surface area contributed by atoms with Crippen molar-refractivity contribution in [1.82, 2.24) is 14.9 Å². The predicted molar refractivity (Wildman–Crippen MR) is 117 cm³/mol. The summed E-state index contributed by atoms with van der Waals surface area (Å²) in [4.78, 5) is 13.9. The lowest BCUT2D eigenvalue weighted by Gasteiger charge is -2.35. The maximum absolute atomic E-state index is 5.45. The number of nitrogens with zero attached hydrogens (tertiary/aromatic N) is 4. The monoisotopic (exact) mass is 389 g/mol. The van der Waals surface area contributed by atoms with Gasteiger partial charge in [0.05, 0.1) is 12.8 Å². The average Bonchev–Trinajstić information content (AvgIpc) is 2.75. The quantitative estimate of drug-likeness (QED) is 0.691. The Kier molecular flexibility index (Phi) is 5.91. The van der Waals surface area contributed by atoms with Gasteiger partial charge in [0.1, 0.15) is 11.6 Å². The Labute approximate surface area is 172 Å². The molecule has 1 aliphatic rings. The first-order valence-corrected chi connectivity index (χ1v) is 9.97. The molecular formula is C23H27N5O. The van der Waals surface area contributed by atoms with Crippen LogP contribution in [0.2, 0.25) is 0 Å². The number of hydrogen-bond acceptors (Lipinski definition) is 6. The molecule has 2 aromatic carbocycles. The average molecular weight is 390 g/mol. The zero-order valence-electron chi connectivity index (χ0n) is 17.0. The van der Waals surface area contributed by atoms with E-state index < -0.39 is 0 Å². The maximum atomic E-state index is 5.45. The van der Waals surface area contributed by atoms with Crippen LogP contribution in [0.3, 0.4) is 0 Å². The van der Waals surface area contributed by atoms with Crippen LogP contribution in [0.4, 0.5) is 17.5 Å². The first kappa shape index (κ1) is 19.2. The molecule has 0 atom stereocenters. The topological polar surface area (TPSA) is 53.5 Å². The third-order valence-electron chi connectivity index (χ3n) is 5.19. The lowest BCUT2D eigenvalue weighted by molar-refractivity contribution is 0.249. The largest absolute Gasteiger partial charge is 0.495 e. The SMILES string of the molecule is COc1ccc(C)cc1Nc1nccc(N2CCN(Cc3ccccc3)CC2)n1. The van der Waals surface area contributed by atoms with Crippen LogP contribution in [0.25, 0.3) is 0 Å². The molecule has 1 aromatic heterocycles. The minimum absolute atomic E-state index is 0.582. The molecule has 6 nitrogen and oxygen atoms in total. The van der Waals surface area contributed by atoms with Gasteiger partial charge in [-0.25, -0.2) is 4.98 Å². The molecule has 0 unspecified atom stereocenters. The normalized spacial score (nSPS) is 14.6. The van der Waals surface area contributed by atoms with Gasteiger partial charge >= 0.3 is 0 Å². The number of rotatable bonds is 6. The molecule has 3 aromatic rings. The molecule has 1 N–H and O–H groups in total. The summed E-state index contributed by atoms with van der Waals surface area (Å²) >= 11 is 0. The Balaban J connectivity index is 1.40. The second-order valence-electron chi connectivity index (χ2n) is 7.32. The molecule has 0 amide bonds. The van der Waals surface area contributed by atoms with Gasteiger partial charge in [0.25, 0.3) is 0 Å². The van der Waals surface area contributed by atoms with Gasteiger partial charge in [0, 0.05) is 38.9 Å². The van der Waals surface area contributed by atoms with E-state index in [1.807, 2.05) is 30.5 Å². The highest BCUT2D eigenvalue weighted by Crippen LogP contribution is 2.28. The van der Waals surface area contributed by atoms with E-state index in [2.05, 4.69) is 57.4 Å². The van der Waals surface area contributed by atoms with Crippen molar-refractivity contribution in [3.05, 3.63) is 71.9 Å². The first-order valence-electron chi connectivity index (χ1n) is 9.97. The Morgan fingerprint density at radius 2 is 1.79 bits per heavy atom. The summed E-state index contributed by atoms with van der Waals surface area (Å²) in [6.45, 7) is 7.00. The van der Waals surface area contributed by atoms with Crippen molar-refractivity contribution < 1.29 is 4.74 Å². The molecule has 6 heteroatoms. The van der Waals surface area contributed by atoms with Gasteiger partial charge in [-0.2, -0.15) is 4.98 Å². The van der Waals surface area contributed by atoms with Crippen molar-refractivity contribution in [3.63, 3.8) is 0 Å². The third-order valence-corrected chi connectivity index (χ3v) is 5.19. The van der Waals surface area contributed by atoms with Crippen LogP contribution < -0.4 is 15.0 Å². The molecule has 29 heavy (non-hydrogen) atoms. The number of aromatic nitrogens is 2. The van der Waals surface area contributed by atoms with Crippen LogP contribution in [0.15, 0.2) is 60.8 Å². The fourth-order valence-corrected chi connectivity index (χ4v) is 3.60. The van der Waals surface area contributed by atoms with Crippen molar-refractivity contribution in [3.8, 4) is 5.75 Å². The number of nitrogens with one attached hydrogen (secondary N) is 1. The van der Waals surface area contributed by atoms with E-state index in [-0.39, 0.29) is 0 Å². The summed E-state index contributed by atoms with van der Waals surface area (Å²) in [6.07, 6.45) is 1.81. The van der Waals surface area contributed by atoms with Gasteiger partial charge in [-0.3, -0.25) is 4.90 Å². The van der Waals surface area contributed by atoms with Crippen molar-refractivity contribution in [2.45, 2.75) is 13.5 Å². The molecule has 0 bridgehead atoms. The van der Waals surface area contributed by atoms with Crippen LogP contribution in [0.1, 0.15) is 11.1 Å². The fraction of sp³-hybridized carbons (Fsp3) is 0.304. The highest BCUT2D eigenvalue weighted by atomic mass is 16.5. The van der Waals surface area contributed by atoms with Crippen molar-refractivity contribution in [1.29, 1.82) is 0 Å². The standard InChI is InChI=1S/C23H27N5O/c1-18-8-9-21(29-2)20(16-18)25-23-24-11-10-22(26-23)28-14-12-27(13-15-28)17-19-6-4-3-5-7-19/h3-11,16H,12-15,17H2,1-2H3,(H,24,25,26). The molecule has 0 aliphatic carbocycles. The summed E-state index contributed by atoms with van der Waals surface area (Å²) in [5, 5.41) is 3.30. The van der Waals surface area contributed by atoms with Gasteiger partial charge in [-0.05, 0) is 36.2 Å². The zero-order valence-corrected chi connectivity index (χ0v) is 17.0. The molecule has 4 rings (SSSR count). The molecule has 150 valence electrons. The number of methoxy groups -OCH3 is 1. The van der Waals surface area contributed by atoms with E-state index in [4.69, 9.17) is 9.72 Å². The predicted octanol–water partition coefficient (Wildman–Crippen LogP) is 3.86. The number of aryl methyl sites for hydroxylation is 1. The van der Waals surface area contributed by atoms with Crippen LogP contribution in [-0.2, 0) is 6.54 Å². The van der Waals surface area contributed by atoms with Crippen molar-refractivity contribution >= 4 is 17.5 Å². The fourth-order valence-electron chi connectivity index (χ4n) is 3.60. The van der Waals surface area contributed by atoms with E-state index in [1.54, 1.807) is 7.11 Å². The van der Waals surface area contributed by atoms with E-state index in [0.717, 1.165) is 55.5 Å². The highest BCUT2D eigenvalue weighted by Gasteiger charge is 2.18. The van der Waals surface area contributed by atoms with Crippen molar-refractivity contribution in [2.75, 3.05) is 43.5 Å². The molecule has 1 saturated heterocycles. The number of piperazine rings is 1. The zero-order chi connectivity index (χ0) is 20.1. The number of hydrogen-bond donors (Lipinski definition) is 1. The lowest BCUT2D eigenvalue weighted by Crippen LogP contribution is -2.46. The first-order chi connectivity index (χ1) is 14.2. The molecule has 0 radical (unpaired) electrons. The van der Waals surface area contributed by atoms with Gasteiger partial charge in [-0.1, -0.05) is 36.4 Å². The Bertz CT molecular complexity index is 939. The van der Waals surface area contributed by atoms with Crippen molar-refractivity contribution in [2.24, 2.45) is 0 Å². The maximum Gasteiger partial charge on any atom is 0.229 e. The van der Waals surface area contributed by atoms with E-state index in [0.29, 0.717) is 5.95 Å². The Morgan fingerprint density at radius 1 is 1.00 bits per heavy atom. The minimum Gasteiger partial charge on any atom is -0.495 e. The van der Waals surface area contributed by atoms with E-state index in [1.165, 1.54) is 5.56 Å². The summed E-state index contributed by atoms with van der Waals surface area (Å²) in [6, 6.07) is 18.6. The molecule has 0 saturated carbocycles. The summed E-state index contributed by atoms with van der Waals surface area (Å²) < 4.78 is 5.45. The second-order valence-corrected chi connectivity index (χ2v) is 7.32. The summed E-state index contributed by atoms with van der Waals surface area (Å²) in [5.41, 5.74) is 3.39. The molecular weight excluding hydrogens is 362 g/mol. The van der Waals surface area contributed by atoms with Gasteiger partial charge in [0.2, 0.25) is 5.95 Å². The Hall–Kier alpha value is -3.12. The highest BCUT2D eigenvalue weighted by molar-refractivity contribution is 5.64. The van der Waals surface area contributed by atoms with E-state index >= 15 is 0 Å². The smallest absolute Gasteiger partial charge is 0.229 e. The van der Waals surface area contributed by atoms with Crippen LogP contribution in [-0.4, -0.2) is 48.2 Å². The lowest BCUT2D eigenvalue weighted by atomic mass is 10.2. The number of ether oxygens (including phenoxy) is 1. The molecule has 1 fully saturated rings. The summed E-state index contributed by atoms with van der Waals surface area (Å²) in [7, 11) is 1.67. The summed E-state index contributed by atoms with van der Waals surface area (Å²) in [5.74, 6) is 2.31. The number of anilines is 3. The number of benzene rings is 2. The molecule has 2 heterocycles. The van der Waals surface area contributed by atoms with E-state index in [9.17, 15) is 0 Å². The Morgan fingerprint density at radius 3 is 2.55 bits per heavy atom. The van der Waals surface area contributed by atoms with Crippen LogP contribution >= 0.6 is 0 Å². The minimum atomic E-state index is 0.582. The third kappa shape index (κ3) is 4.84. The van der Waals surface area contributed by atoms with Crippen LogP contribution in [0, 0.1) is 6.92 Å². The molecule has 0 spiro atoms. The van der Waals surface area contributed by atoms with Gasteiger partial charge in [0.15, 0.2) is 0 Å². The van der Waals surface area contributed by atoms with Gasteiger partial charge < -0.3 is 15.0 Å². The van der Waals surface area contributed by atoms with Gasteiger partial charge in [-0.15, -0.1) is 0 Å². The van der Waals surface area contributed by atoms with Crippen LogP contribution in [0.5, 0.6) is 5.75 Å².